The van der Waals surface area contributed by atoms with Crippen LogP contribution in [0.3, 0.4) is 0 Å². The highest BCUT2D eigenvalue weighted by Crippen LogP contribution is 2.22. The summed E-state index contributed by atoms with van der Waals surface area (Å²) < 4.78 is 25.4. The SMILES string of the molecule is CCc1ccc([C@@H](NCC(=O)Nc2ccc(S(=O)(=O)N(C)C)cc2)C(C)C)cc1. The molecule has 0 saturated heterocycles. The molecule has 0 unspecified atom stereocenters. The summed E-state index contributed by atoms with van der Waals surface area (Å²) >= 11 is 0. The zero-order valence-electron chi connectivity index (χ0n) is 17.8. The Kier molecular flexibility index (Phi) is 7.96. The minimum absolute atomic E-state index is 0.0688. The summed E-state index contributed by atoms with van der Waals surface area (Å²) in [5.74, 6) is 0.148. The summed E-state index contributed by atoms with van der Waals surface area (Å²) in [7, 11) is -0.513. The quantitative estimate of drug-likeness (QED) is 0.655. The number of hydrogen-bond acceptors (Lipinski definition) is 4. The Bertz CT molecular complexity index is 905. The second-order valence-electron chi connectivity index (χ2n) is 7.56. The molecule has 2 aromatic carbocycles. The first-order chi connectivity index (χ1) is 13.6. The number of carbonyl (C=O) groups excluding carboxylic acids is 1. The van der Waals surface area contributed by atoms with E-state index in [1.807, 2.05) is 0 Å². The number of carbonyl (C=O) groups is 1. The average Bonchev–Trinajstić information content (AvgIpc) is 2.68. The van der Waals surface area contributed by atoms with Crippen molar-refractivity contribution < 1.29 is 13.2 Å². The van der Waals surface area contributed by atoms with Crippen LogP contribution in [-0.4, -0.2) is 39.3 Å². The smallest absolute Gasteiger partial charge is 0.242 e. The molecule has 7 heteroatoms. The van der Waals surface area contributed by atoms with Gasteiger partial charge in [-0.05, 0) is 47.7 Å². The lowest BCUT2D eigenvalue weighted by Crippen LogP contribution is -2.33. The van der Waals surface area contributed by atoms with Crippen molar-refractivity contribution in [1.82, 2.24) is 9.62 Å². The van der Waals surface area contributed by atoms with E-state index in [9.17, 15) is 13.2 Å². The molecule has 1 amide bonds. The van der Waals surface area contributed by atoms with Crippen molar-refractivity contribution in [2.24, 2.45) is 5.92 Å². The highest BCUT2D eigenvalue weighted by atomic mass is 32.2. The monoisotopic (exact) mass is 417 g/mol. The van der Waals surface area contributed by atoms with E-state index >= 15 is 0 Å². The molecular weight excluding hydrogens is 386 g/mol. The van der Waals surface area contributed by atoms with Crippen LogP contribution in [0.1, 0.15) is 37.9 Å². The third kappa shape index (κ3) is 6.13. The first-order valence-electron chi connectivity index (χ1n) is 9.79. The summed E-state index contributed by atoms with van der Waals surface area (Å²) in [5, 5.41) is 6.13. The first kappa shape index (κ1) is 23.1. The second kappa shape index (κ2) is 10.0. The molecule has 0 aliphatic rings. The van der Waals surface area contributed by atoms with Crippen molar-refractivity contribution >= 4 is 21.6 Å². The molecule has 2 rings (SSSR count). The van der Waals surface area contributed by atoms with Gasteiger partial charge in [-0.2, -0.15) is 0 Å². The summed E-state index contributed by atoms with van der Waals surface area (Å²) in [4.78, 5) is 12.6. The molecule has 0 fully saturated rings. The minimum Gasteiger partial charge on any atom is -0.325 e. The highest BCUT2D eigenvalue weighted by molar-refractivity contribution is 7.89. The molecule has 158 valence electrons. The van der Waals surface area contributed by atoms with E-state index in [1.165, 1.54) is 31.8 Å². The van der Waals surface area contributed by atoms with Crippen LogP contribution in [0.15, 0.2) is 53.4 Å². The van der Waals surface area contributed by atoms with Gasteiger partial charge in [0.15, 0.2) is 0 Å². The Morgan fingerprint density at radius 1 is 1.00 bits per heavy atom. The Morgan fingerprint density at radius 3 is 2.07 bits per heavy atom. The van der Waals surface area contributed by atoms with E-state index in [4.69, 9.17) is 0 Å². The molecule has 2 N–H and O–H groups in total. The lowest BCUT2D eigenvalue weighted by molar-refractivity contribution is -0.115. The summed E-state index contributed by atoms with van der Waals surface area (Å²) in [5.41, 5.74) is 3.00. The number of hydrogen-bond donors (Lipinski definition) is 2. The zero-order chi connectivity index (χ0) is 21.6. The summed E-state index contributed by atoms with van der Waals surface area (Å²) in [6, 6.07) is 14.7. The first-order valence-corrected chi connectivity index (χ1v) is 11.2. The Hall–Kier alpha value is -2.22. The van der Waals surface area contributed by atoms with E-state index in [2.05, 4.69) is 55.7 Å². The number of nitrogens with zero attached hydrogens (tertiary/aromatic N) is 1. The molecule has 0 saturated carbocycles. The zero-order valence-corrected chi connectivity index (χ0v) is 18.6. The Morgan fingerprint density at radius 2 is 1.59 bits per heavy atom. The van der Waals surface area contributed by atoms with Crippen LogP contribution in [0.2, 0.25) is 0 Å². The van der Waals surface area contributed by atoms with Crippen LogP contribution in [0.25, 0.3) is 0 Å². The lowest BCUT2D eigenvalue weighted by atomic mass is 9.95. The van der Waals surface area contributed by atoms with Crippen LogP contribution in [0.4, 0.5) is 5.69 Å². The van der Waals surface area contributed by atoms with Crippen molar-refractivity contribution in [3.63, 3.8) is 0 Å². The van der Waals surface area contributed by atoms with Crippen LogP contribution in [-0.2, 0) is 21.2 Å². The van der Waals surface area contributed by atoms with Crippen LogP contribution in [0, 0.1) is 5.92 Å². The number of anilines is 1. The van der Waals surface area contributed by atoms with Gasteiger partial charge in [0.2, 0.25) is 15.9 Å². The number of sulfonamides is 1. The van der Waals surface area contributed by atoms with Gasteiger partial charge in [-0.25, -0.2) is 12.7 Å². The maximum absolute atomic E-state index is 12.4. The molecular formula is C22H31N3O3S. The molecule has 0 aliphatic heterocycles. The van der Waals surface area contributed by atoms with Crippen LogP contribution in [0.5, 0.6) is 0 Å². The summed E-state index contributed by atoms with van der Waals surface area (Å²) in [6.45, 7) is 6.52. The van der Waals surface area contributed by atoms with Gasteiger partial charge < -0.3 is 10.6 Å². The van der Waals surface area contributed by atoms with Crippen molar-refractivity contribution in [1.29, 1.82) is 0 Å². The van der Waals surface area contributed by atoms with E-state index in [1.54, 1.807) is 12.1 Å². The molecule has 2 aromatic rings. The number of amides is 1. The average molecular weight is 418 g/mol. The van der Waals surface area contributed by atoms with Crippen molar-refractivity contribution in [3.05, 3.63) is 59.7 Å². The number of benzene rings is 2. The molecule has 0 aromatic heterocycles. The largest absolute Gasteiger partial charge is 0.325 e. The highest BCUT2D eigenvalue weighted by Gasteiger charge is 2.18. The normalized spacial score (nSPS) is 12.9. The summed E-state index contributed by atoms with van der Waals surface area (Å²) in [6.07, 6.45) is 0.997. The van der Waals surface area contributed by atoms with E-state index in [0.29, 0.717) is 11.6 Å². The number of aryl methyl sites for hydroxylation is 1. The molecule has 0 heterocycles. The fraction of sp³-hybridized carbons (Fsp3) is 0.409. The van der Waals surface area contributed by atoms with E-state index in [0.717, 1.165) is 16.3 Å². The van der Waals surface area contributed by atoms with Crippen molar-refractivity contribution in [3.8, 4) is 0 Å². The molecule has 0 bridgehead atoms. The van der Waals surface area contributed by atoms with Crippen LogP contribution >= 0.6 is 0 Å². The maximum atomic E-state index is 12.4. The van der Waals surface area contributed by atoms with Gasteiger partial charge in [0.1, 0.15) is 0 Å². The third-order valence-electron chi connectivity index (χ3n) is 4.81. The van der Waals surface area contributed by atoms with E-state index in [-0.39, 0.29) is 23.4 Å². The van der Waals surface area contributed by atoms with Gasteiger partial charge in [-0.1, -0.05) is 45.0 Å². The van der Waals surface area contributed by atoms with Gasteiger partial charge in [-0.15, -0.1) is 0 Å². The van der Waals surface area contributed by atoms with Gasteiger partial charge >= 0.3 is 0 Å². The van der Waals surface area contributed by atoms with Gasteiger partial charge in [-0.3, -0.25) is 4.79 Å². The standard InChI is InChI=1S/C22H31N3O3S/c1-6-17-7-9-18(10-8-17)22(16(2)3)23-15-21(26)24-19-11-13-20(14-12-19)29(27,28)25(4)5/h7-14,16,22-23H,6,15H2,1-5H3,(H,24,26)/t22-/m0/s1. The predicted molar refractivity (Wildman–Crippen MR) is 117 cm³/mol. The fourth-order valence-electron chi connectivity index (χ4n) is 3.03. The molecule has 0 radical (unpaired) electrons. The molecule has 0 spiro atoms. The molecule has 0 aliphatic carbocycles. The van der Waals surface area contributed by atoms with E-state index < -0.39 is 10.0 Å². The molecule has 6 nitrogen and oxygen atoms in total. The van der Waals surface area contributed by atoms with Crippen molar-refractivity contribution in [2.45, 2.75) is 38.1 Å². The van der Waals surface area contributed by atoms with Gasteiger partial charge in [0.25, 0.3) is 0 Å². The fourth-order valence-corrected chi connectivity index (χ4v) is 3.93. The molecule has 29 heavy (non-hydrogen) atoms. The number of nitrogens with one attached hydrogen (secondary N) is 2. The number of rotatable bonds is 9. The Labute approximate surface area is 174 Å². The Balaban J connectivity index is 1.98. The van der Waals surface area contributed by atoms with Gasteiger partial charge in [0, 0.05) is 25.8 Å². The second-order valence-corrected chi connectivity index (χ2v) is 9.71. The maximum Gasteiger partial charge on any atom is 0.242 e. The topological polar surface area (TPSA) is 78.5 Å². The predicted octanol–water partition coefficient (Wildman–Crippen LogP) is 3.42. The minimum atomic E-state index is -3.48. The lowest BCUT2D eigenvalue weighted by Gasteiger charge is -2.23. The van der Waals surface area contributed by atoms with Crippen molar-refractivity contribution in [2.75, 3.05) is 26.0 Å². The molecule has 1 atom stereocenters. The van der Waals surface area contributed by atoms with Crippen LogP contribution < -0.4 is 10.6 Å². The van der Waals surface area contributed by atoms with Gasteiger partial charge in [0.05, 0.1) is 11.4 Å². The third-order valence-corrected chi connectivity index (χ3v) is 6.64.